The van der Waals surface area contributed by atoms with E-state index in [4.69, 9.17) is 14.2 Å². The third-order valence-electron chi connectivity index (χ3n) is 3.98. The summed E-state index contributed by atoms with van der Waals surface area (Å²) >= 11 is 0. The largest absolute Gasteiger partial charge is 0.497 e. The molecule has 0 aliphatic heterocycles. The van der Waals surface area contributed by atoms with Crippen molar-refractivity contribution in [1.29, 1.82) is 0 Å². The van der Waals surface area contributed by atoms with E-state index in [1.54, 1.807) is 43.3 Å². The highest BCUT2D eigenvalue weighted by atomic mass is 16.5. The van der Waals surface area contributed by atoms with E-state index in [9.17, 15) is 9.59 Å². The molecule has 0 N–H and O–H groups in total. The van der Waals surface area contributed by atoms with Gasteiger partial charge in [-0.2, -0.15) is 0 Å². The molecule has 2 aromatic carbocycles. The van der Waals surface area contributed by atoms with Crippen LogP contribution >= 0.6 is 0 Å². The van der Waals surface area contributed by atoms with E-state index in [1.807, 2.05) is 26.0 Å². The molecular formula is C23H26O5. The number of ketones is 1. The fourth-order valence-corrected chi connectivity index (χ4v) is 2.60. The average Bonchev–Trinajstić information content (AvgIpc) is 2.68. The predicted molar refractivity (Wildman–Crippen MR) is 108 cm³/mol. The molecular weight excluding hydrogens is 356 g/mol. The van der Waals surface area contributed by atoms with Crippen LogP contribution in [0.4, 0.5) is 0 Å². The number of allylic oxidation sites excluding steroid dienone is 1. The highest BCUT2D eigenvalue weighted by Gasteiger charge is 2.23. The van der Waals surface area contributed by atoms with Crippen molar-refractivity contribution < 1.29 is 23.8 Å². The molecule has 0 radical (unpaired) electrons. The van der Waals surface area contributed by atoms with Crippen LogP contribution < -0.4 is 9.47 Å². The summed E-state index contributed by atoms with van der Waals surface area (Å²) < 4.78 is 16.3. The Hall–Kier alpha value is -3.08. The summed E-state index contributed by atoms with van der Waals surface area (Å²) in [5, 5.41) is 0. The number of carbonyl (C=O) groups excluding carboxylic acids is 2. The molecule has 0 heterocycles. The van der Waals surface area contributed by atoms with E-state index in [2.05, 4.69) is 0 Å². The van der Waals surface area contributed by atoms with Gasteiger partial charge in [0, 0.05) is 18.1 Å². The smallest absolute Gasteiger partial charge is 0.342 e. The number of benzene rings is 2. The van der Waals surface area contributed by atoms with Crippen molar-refractivity contribution in [2.75, 3.05) is 13.7 Å². The highest BCUT2D eigenvalue weighted by molar-refractivity contribution is 6.01. The molecule has 0 aliphatic rings. The molecule has 28 heavy (non-hydrogen) atoms. The summed E-state index contributed by atoms with van der Waals surface area (Å²) in [6, 6.07) is 12.2. The Morgan fingerprint density at radius 2 is 1.82 bits per heavy atom. The van der Waals surface area contributed by atoms with Gasteiger partial charge in [0.05, 0.1) is 20.0 Å². The molecule has 2 rings (SSSR count). The van der Waals surface area contributed by atoms with Crippen LogP contribution in [0.25, 0.3) is 0 Å². The second-order valence-electron chi connectivity index (χ2n) is 6.54. The third kappa shape index (κ3) is 5.71. The lowest BCUT2D eigenvalue weighted by atomic mass is 9.97. The summed E-state index contributed by atoms with van der Waals surface area (Å²) in [6.07, 6.45) is 3.42. The van der Waals surface area contributed by atoms with E-state index >= 15 is 0 Å². The topological polar surface area (TPSA) is 61.8 Å². The molecule has 5 heteroatoms. The molecule has 0 amide bonds. The van der Waals surface area contributed by atoms with Crippen LogP contribution in [0.15, 0.2) is 54.8 Å². The van der Waals surface area contributed by atoms with Crippen molar-refractivity contribution in [3.05, 3.63) is 71.5 Å². The molecule has 5 nitrogen and oxygen atoms in total. The van der Waals surface area contributed by atoms with E-state index in [0.717, 1.165) is 0 Å². The van der Waals surface area contributed by atoms with Crippen LogP contribution in [0.5, 0.6) is 11.5 Å². The Morgan fingerprint density at radius 1 is 1.11 bits per heavy atom. The summed E-state index contributed by atoms with van der Waals surface area (Å²) in [5.74, 6) is 0.440. The van der Waals surface area contributed by atoms with Gasteiger partial charge in [0.2, 0.25) is 0 Å². The van der Waals surface area contributed by atoms with E-state index < -0.39 is 5.97 Å². The maximum atomic E-state index is 12.7. The monoisotopic (exact) mass is 382 g/mol. The molecule has 0 spiro atoms. The van der Waals surface area contributed by atoms with Gasteiger partial charge in [0.15, 0.2) is 5.78 Å². The standard InChI is InChI=1S/C23H26O5/c1-5-27-23(25)22-18(14-20(24)17-9-7-6-8-10-17)13-19(26-4)15-21(22)28-12-11-16(2)3/h6-13,15-16H,5,14H2,1-4H3. The lowest BCUT2D eigenvalue weighted by Gasteiger charge is -2.15. The molecule has 0 saturated carbocycles. The highest BCUT2D eigenvalue weighted by Crippen LogP contribution is 2.31. The van der Waals surface area contributed by atoms with Crippen molar-refractivity contribution >= 4 is 11.8 Å². The number of rotatable bonds is 9. The van der Waals surface area contributed by atoms with Crippen LogP contribution in [-0.4, -0.2) is 25.5 Å². The molecule has 148 valence electrons. The first-order chi connectivity index (χ1) is 13.5. The van der Waals surface area contributed by atoms with Gasteiger partial charge in [-0.05, 0) is 30.5 Å². The number of carbonyl (C=O) groups is 2. The molecule has 2 aromatic rings. The number of hydrogen-bond donors (Lipinski definition) is 0. The first-order valence-corrected chi connectivity index (χ1v) is 9.25. The fraction of sp³-hybridized carbons (Fsp3) is 0.304. The fourth-order valence-electron chi connectivity index (χ4n) is 2.60. The second kappa shape index (κ2) is 10.3. The van der Waals surface area contributed by atoms with Crippen LogP contribution in [0.3, 0.4) is 0 Å². The van der Waals surface area contributed by atoms with Gasteiger partial charge >= 0.3 is 5.97 Å². The van der Waals surface area contributed by atoms with E-state index in [1.165, 1.54) is 13.4 Å². The van der Waals surface area contributed by atoms with Crippen molar-refractivity contribution in [3.8, 4) is 11.5 Å². The van der Waals surface area contributed by atoms with Crippen molar-refractivity contribution in [3.63, 3.8) is 0 Å². The number of esters is 1. The normalized spacial score (nSPS) is 10.9. The Kier molecular flexibility index (Phi) is 7.81. The zero-order chi connectivity index (χ0) is 20.5. The number of methoxy groups -OCH3 is 1. The van der Waals surface area contributed by atoms with Crippen molar-refractivity contribution in [2.24, 2.45) is 5.92 Å². The van der Waals surface area contributed by atoms with Gasteiger partial charge < -0.3 is 14.2 Å². The molecule has 0 aliphatic carbocycles. The summed E-state index contributed by atoms with van der Waals surface area (Å²) in [5.41, 5.74) is 1.31. The van der Waals surface area contributed by atoms with Gasteiger partial charge in [-0.25, -0.2) is 4.79 Å². The van der Waals surface area contributed by atoms with Gasteiger partial charge in [0.1, 0.15) is 17.1 Å². The molecule has 0 fully saturated rings. The molecule has 0 saturated heterocycles. The molecule has 0 bridgehead atoms. The van der Waals surface area contributed by atoms with Crippen molar-refractivity contribution in [2.45, 2.75) is 27.2 Å². The Balaban J connectivity index is 2.48. The minimum Gasteiger partial charge on any atom is -0.497 e. The molecule has 0 unspecified atom stereocenters. The van der Waals surface area contributed by atoms with Crippen LogP contribution in [-0.2, 0) is 11.2 Å². The maximum absolute atomic E-state index is 12.7. The number of ether oxygens (including phenoxy) is 3. The quantitative estimate of drug-likeness (QED) is 0.353. The van der Waals surface area contributed by atoms with Gasteiger partial charge in [0.25, 0.3) is 0 Å². The summed E-state index contributed by atoms with van der Waals surface area (Å²) in [4.78, 5) is 25.3. The van der Waals surface area contributed by atoms with Gasteiger partial charge in [-0.3, -0.25) is 4.79 Å². The maximum Gasteiger partial charge on any atom is 0.342 e. The second-order valence-corrected chi connectivity index (χ2v) is 6.54. The lowest BCUT2D eigenvalue weighted by molar-refractivity contribution is 0.0522. The minimum atomic E-state index is -0.533. The zero-order valence-electron chi connectivity index (χ0n) is 16.7. The lowest BCUT2D eigenvalue weighted by Crippen LogP contribution is -2.13. The Labute approximate surface area is 165 Å². The molecule has 0 atom stereocenters. The van der Waals surface area contributed by atoms with E-state index in [0.29, 0.717) is 22.6 Å². The SMILES string of the molecule is CCOC(=O)c1c(CC(=O)c2ccccc2)cc(OC)cc1OC=CC(C)C. The van der Waals surface area contributed by atoms with Crippen LogP contribution in [0.1, 0.15) is 47.1 Å². The number of Topliss-reactive ketones (excluding diaryl/α,β-unsaturated/α-hetero) is 1. The first-order valence-electron chi connectivity index (χ1n) is 9.25. The van der Waals surface area contributed by atoms with Crippen LogP contribution in [0, 0.1) is 5.92 Å². The van der Waals surface area contributed by atoms with Crippen LogP contribution in [0.2, 0.25) is 0 Å². The Morgan fingerprint density at radius 3 is 2.43 bits per heavy atom. The number of hydrogen-bond acceptors (Lipinski definition) is 5. The third-order valence-corrected chi connectivity index (χ3v) is 3.98. The van der Waals surface area contributed by atoms with Crippen molar-refractivity contribution in [1.82, 2.24) is 0 Å². The van der Waals surface area contributed by atoms with Gasteiger partial charge in [-0.15, -0.1) is 0 Å². The minimum absolute atomic E-state index is 0.0274. The molecule has 0 aromatic heterocycles. The Bertz CT molecular complexity index is 838. The van der Waals surface area contributed by atoms with Gasteiger partial charge in [-0.1, -0.05) is 44.2 Å². The summed E-state index contributed by atoms with van der Waals surface area (Å²) in [7, 11) is 1.52. The first kappa shape index (κ1) is 21.2. The average molecular weight is 382 g/mol. The predicted octanol–water partition coefficient (Wildman–Crippen LogP) is 4.85. The van der Waals surface area contributed by atoms with E-state index in [-0.39, 0.29) is 30.3 Å². The summed E-state index contributed by atoms with van der Waals surface area (Å²) in [6.45, 7) is 5.98. The zero-order valence-corrected chi connectivity index (χ0v) is 16.7.